The molecule has 1 saturated heterocycles. The summed E-state index contributed by atoms with van der Waals surface area (Å²) in [6.45, 7) is 7.88. The summed E-state index contributed by atoms with van der Waals surface area (Å²) in [6, 6.07) is 7.70. The second-order valence-electron chi connectivity index (χ2n) is 10.1. The highest BCUT2D eigenvalue weighted by Gasteiger charge is 2.32. The maximum Gasteiger partial charge on any atom is 0.507 e. The van der Waals surface area contributed by atoms with Crippen molar-refractivity contribution in [3.63, 3.8) is 0 Å². The zero-order valence-corrected chi connectivity index (χ0v) is 24.2. The number of hydrogen-bond acceptors (Lipinski definition) is 10. The molecule has 5 rings (SSSR count). The fourth-order valence-corrected chi connectivity index (χ4v) is 4.81. The van der Waals surface area contributed by atoms with Gasteiger partial charge in [0.15, 0.2) is 18.4 Å². The van der Waals surface area contributed by atoms with Crippen LogP contribution in [-0.2, 0) is 9.53 Å². The van der Waals surface area contributed by atoms with Gasteiger partial charge in [-0.05, 0) is 68.5 Å². The molecule has 4 aromatic rings. The first-order valence-corrected chi connectivity index (χ1v) is 13.8. The molecule has 1 aliphatic rings. The minimum Gasteiger partial charge on any atom is -0.483 e. The molecule has 0 radical (unpaired) electrons. The number of oxazole rings is 1. The molecular formula is C30H31FN4O8. The summed E-state index contributed by atoms with van der Waals surface area (Å²) in [4.78, 5) is 38.4. The average molecular weight is 595 g/mol. The summed E-state index contributed by atoms with van der Waals surface area (Å²) in [6.07, 6.45) is -0.414. The molecular weight excluding hydrogens is 563 g/mol. The van der Waals surface area contributed by atoms with Crippen LogP contribution in [0.3, 0.4) is 0 Å². The van der Waals surface area contributed by atoms with E-state index in [1.54, 1.807) is 25.1 Å². The number of likely N-dealkylation sites (tertiary alicyclic amines) is 1. The summed E-state index contributed by atoms with van der Waals surface area (Å²) < 4.78 is 42.1. The number of aryl methyl sites for hydroxylation is 3. The zero-order chi connectivity index (χ0) is 30.7. The summed E-state index contributed by atoms with van der Waals surface area (Å²) in [5.41, 5.74) is 3.21. The van der Waals surface area contributed by atoms with Gasteiger partial charge in [0.1, 0.15) is 17.3 Å². The Morgan fingerprint density at radius 1 is 1.07 bits per heavy atom. The van der Waals surface area contributed by atoms with E-state index in [1.165, 1.54) is 17.0 Å². The standard InChI is InChI=1S/C30H31FN4O8/c1-5-11-39-27-24-28(34-29(33-27)41-21-14-20(31)9-8-16(21)2)43-26(32-24)19-12-17(3)25(18(4)13-19)40-15-22(36)35-10-6-7-23(35)42-30(37)38/h8-9,12-14,23H,5-7,10-11,15H2,1-4H3,(H,37,38)/t23-/m0/s1. The normalized spacial score (nSPS) is 14.6. The predicted molar refractivity (Wildman–Crippen MR) is 151 cm³/mol. The lowest BCUT2D eigenvalue weighted by Crippen LogP contribution is -2.40. The number of halogens is 1. The number of fused-ring (bicyclic) bond motifs is 1. The van der Waals surface area contributed by atoms with E-state index in [1.807, 2.05) is 20.8 Å². The van der Waals surface area contributed by atoms with Crippen molar-refractivity contribution in [1.82, 2.24) is 19.9 Å². The van der Waals surface area contributed by atoms with Crippen LogP contribution in [0.5, 0.6) is 23.4 Å². The number of nitrogens with zero attached hydrogens (tertiary/aromatic N) is 4. The molecule has 3 heterocycles. The molecule has 43 heavy (non-hydrogen) atoms. The Hall–Kier alpha value is -4.94. The number of hydrogen-bond donors (Lipinski definition) is 1. The number of carbonyl (C=O) groups is 2. The van der Waals surface area contributed by atoms with E-state index in [4.69, 9.17) is 28.5 Å². The first-order chi connectivity index (χ1) is 20.6. The fourth-order valence-electron chi connectivity index (χ4n) is 4.81. The fraction of sp³-hybridized carbons (Fsp3) is 0.367. The van der Waals surface area contributed by atoms with E-state index < -0.39 is 18.2 Å². The SMILES string of the molecule is CCCOc1nc(Oc2cc(F)ccc2C)nc2oc(-c3cc(C)c(OCC(=O)N4CCC[C@@H]4OC(=O)O)c(C)c3)nc12. The number of ether oxygens (including phenoxy) is 4. The smallest absolute Gasteiger partial charge is 0.483 e. The van der Waals surface area contributed by atoms with E-state index in [-0.39, 0.29) is 41.8 Å². The number of carbonyl (C=O) groups excluding carboxylic acids is 1. The number of aromatic nitrogens is 3. The van der Waals surface area contributed by atoms with Crippen LogP contribution in [0.2, 0.25) is 0 Å². The number of benzene rings is 2. The quantitative estimate of drug-likeness (QED) is 0.217. The highest BCUT2D eigenvalue weighted by molar-refractivity contribution is 5.79. The van der Waals surface area contributed by atoms with Gasteiger partial charge in [-0.3, -0.25) is 4.79 Å². The molecule has 2 aromatic heterocycles. The summed E-state index contributed by atoms with van der Waals surface area (Å²) >= 11 is 0. The highest BCUT2D eigenvalue weighted by atomic mass is 19.1. The monoisotopic (exact) mass is 594 g/mol. The molecule has 0 spiro atoms. The van der Waals surface area contributed by atoms with Gasteiger partial charge in [0.2, 0.25) is 5.89 Å². The lowest BCUT2D eigenvalue weighted by Gasteiger charge is -2.23. The number of rotatable bonds is 10. The Morgan fingerprint density at radius 2 is 1.84 bits per heavy atom. The van der Waals surface area contributed by atoms with Gasteiger partial charge in [-0.2, -0.15) is 9.97 Å². The minimum atomic E-state index is -1.42. The van der Waals surface area contributed by atoms with E-state index in [2.05, 4.69) is 15.0 Å². The van der Waals surface area contributed by atoms with Crippen molar-refractivity contribution in [3.8, 4) is 34.8 Å². The Bertz CT molecular complexity index is 1650. The van der Waals surface area contributed by atoms with Gasteiger partial charge in [-0.25, -0.2) is 14.2 Å². The van der Waals surface area contributed by atoms with Crippen LogP contribution in [-0.4, -0.2) is 63.0 Å². The second-order valence-corrected chi connectivity index (χ2v) is 10.1. The van der Waals surface area contributed by atoms with Crippen LogP contribution in [0.25, 0.3) is 22.7 Å². The van der Waals surface area contributed by atoms with Crippen molar-refractivity contribution in [2.45, 2.75) is 53.2 Å². The molecule has 1 aliphatic heterocycles. The van der Waals surface area contributed by atoms with Crippen molar-refractivity contribution in [2.75, 3.05) is 19.8 Å². The first kappa shape index (κ1) is 29.5. The Kier molecular flexibility index (Phi) is 8.60. The van der Waals surface area contributed by atoms with Gasteiger partial charge in [-0.15, -0.1) is 0 Å². The molecule has 1 atom stereocenters. The maximum atomic E-state index is 13.8. The van der Waals surface area contributed by atoms with Gasteiger partial charge in [0.05, 0.1) is 6.61 Å². The summed E-state index contributed by atoms with van der Waals surface area (Å²) in [7, 11) is 0. The lowest BCUT2D eigenvalue weighted by molar-refractivity contribution is -0.141. The first-order valence-electron chi connectivity index (χ1n) is 13.8. The van der Waals surface area contributed by atoms with E-state index >= 15 is 0 Å². The Morgan fingerprint density at radius 3 is 2.56 bits per heavy atom. The van der Waals surface area contributed by atoms with E-state index in [0.717, 1.165) is 17.5 Å². The Balaban J connectivity index is 1.39. The van der Waals surface area contributed by atoms with Crippen LogP contribution in [0, 0.1) is 26.6 Å². The van der Waals surface area contributed by atoms with Crippen molar-refractivity contribution < 1.29 is 42.5 Å². The third-order valence-electron chi connectivity index (χ3n) is 6.80. The topological polar surface area (TPSA) is 146 Å². The molecule has 13 heteroatoms. The van der Waals surface area contributed by atoms with Crippen molar-refractivity contribution in [2.24, 2.45) is 0 Å². The van der Waals surface area contributed by atoms with E-state index in [0.29, 0.717) is 48.4 Å². The summed E-state index contributed by atoms with van der Waals surface area (Å²) in [5.74, 6) is 0.372. The highest BCUT2D eigenvalue weighted by Crippen LogP contribution is 2.35. The molecule has 0 unspecified atom stereocenters. The second kappa shape index (κ2) is 12.5. The van der Waals surface area contributed by atoms with Gasteiger partial charge < -0.3 is 33.4 Å². The van der Waals surface area contributed by atoms with Crippen molar-refractivity contribution in [3.05, 3.63) is 52.8 Å². The molecule has 12 nitrogen and oxygen atoms in total. The molecule has 1 fully saturated rings. The molecule has 226 valence electrons. The van der Waals surface area contributed by atoms with Crippen molar-refractivity contribution >= 4 is 23.3 Å². The summed E-state index contributed by atoms with van der Waals surface area (Å²) in [5, 5.41) is 8.93. The third kappa shape index (κ3) is 6.60. The van der Waals surface area contributed by atoms with Crippen LogP contribution in [0.1, 0.15) is 42.9 Å². The molecule has 0 aliphatic carbocycles. The largest absolute Gasteiger partial charge is 0.507 e. The van der Waals surface area contributed by atoms with E-state index in [9.17, 15) is 14.0 Å². The number of carboxylic acid groups (broad SMARTS) is 1. The maximum absolute atomic E-state index is 13.8. The molecule has 0 bridgehead atoms. The van der Waals surface area contributed by atoms with Gasteiger partial charge >= 0.3 is 12.2 Å². The molecule has 1 amide bonds. The Labute approximate surface area is 246 Å². The molecule has 0 saturated carbocycles. The van der Waals surface area contributed by atoms with Crippen LogP contribution < -0.4 is 14.2 Å². The third-order valence-corrected chi connectivity index (χ3v) is 6.80. The van der Waals surface area contributed by atoms with Crippen molar-refractivity contribution in [1.29, 1.82) is 0 Å². The predicted octanol–water partition coefficient (Wildman–Crippen LogP) is 5.95. The molecule has 1 N–H and O–H groups in total. The van der Waals surface area contributed by atoms with Crippen LogP contribution in [0.4, 0.5) is 9.18 Å². The minimum absolute atomic E-state index is 0.0789. The molecule has 2 aromatic carbocycles. The lowest BCUT2D eigenvalue weighted by atomic mass is 10.1. The van der Waals surface area contributed by atoms with Gasteiger partial charge in [0, 0.05) is 24.6 Å². The number of amides is 1. The zero-order valence-electron chi connectivity index (χ0n) is 24.2. The average Bonchev–Trinajstić information content (AvgIpc) is 3.60. The van der Waals surface area contributed by atoms with Crippen LogP contribution >= 0.6 is 0 Å². The van der Waals surface area contributed by atoms with Gasteiger partial charge in [0.25, 0.3) is 17.5 Å². The van der Waals surface area contributed by atoms with Gasteiger partial charge in [-0.1, -0.05) is 13.0 Å². The van der Waals surface area contributed by atoms with Crippen LogP contribution in [0.15, 0.2) is 34.7 Å².